The summed E-state index contributed by atoms with van der Waals surface area (Å²) in [6, 6.07) is 0.633. The Bertz CT molecular complexity index is 268. The van der Waals surface area contributed by atoms with Gasteiger partial charge in [0.1, 0.15) is 5.82 Å². The van der Waals surface area contributed by atoms with Crippen LogP contribution in [0, 0.1) is 6.92 Å². The number of hydrogen-bond donors (Lipinski definition) is 1. The molecule has 3 heteroatoms. The van der Waals surface area contributed by atoms with Crippen molar-refractivity contribution in [3.8, 4) is 0 Å². The minimum Gasteiger partial charge on any atom is -0.335 e. The largest absolute Gasteiger partial charge is 0.335 e. The van der Waals surface area contributed by atoms with E-state index in [1.54, 1.807) is 0 Å². The van der Waals surface area contributed by atoms with Crippen LogP contribution >= 0.6 is 0 Å². The van der Waals surface area contributed by atoms with Gasteiger partial charge in [-0.1, -0.05) is 6.92 Å². The van der Waals surface area contributed by atoms with Crippen LogP contribution in [0.25, 0.3) is 0 Å². The monoisotopic (exact) mass is 209 g/mol. The average Bonchev–Trinajstić information content (AvgIpc) is 2.61. The van der Waals surface area contributed by atoms with E-state index < -0.39 is 0 Å². The molecule has 0 amide bonds. The first-order valence-corrected chi connectivity index (χ1v) is 5.95. The van der Waals surface area contributed by atoms with E-state index in [2.05, 4.69) is 41.8 Å². The molecule has 0 aromatic carbocycles. The summed E-state index contributed by atoms with van der Waals surface area (Å²) in [5.41, 5.74) is 0. The Labute approximate surface area is 92.9 Å². The van der Waals surface area contributed by atoms with Gasteiger partial charge in [0.25, 0.3) is 0 Å². The molecule has 1 atom stereocenters. The SMILES string of the molecule is CCCNC(C)CCCn1ccnc1C. The predicted octanol–water partition coefficient (Wildman–Crippen LogP) is 2.36. The van der Waals surface area contributed by atoms with Gasteiger partial charge in [0.05, 0.1) is 0 Å². The molecule has 86 valence electrons. The maximum Gasteiger partial charge on any atom is 0.105 e. The molecule has 3 nitrogen and oxygen atoms in total. The summed E-state index contributed by atoms with van der Waals surface area (Å²) in [6.07, 6.45) is 7.59. The van der Waals surface area contributed by atoms with Gasteiger partial charge >= 0.3 is 0 Å². The molecular formula is C12H23N3. The zero-order valence-corrected chi connectivity index (χ0v) is 10.2. The van der Waals surface area contributed by atoms with Crippen LogP contribution < -0.4 is 5.32 Å². The predicted molar refractivity (Wildman–Crippen MR) is 64.0 cm³/mol. The van der Waals surface area contributed by atoms with Crippen molar-refractivity contribution < 1.29 is 0 Å². The van der Waals surface area contributed by atoms with Crippen LogP contribution in [0.2, 0.25) is 0 Å². The van der Waals surface area contributed by atoms with Crippen LogP contribution in [-0.2, 0) is 6.54 Å². The second-order valence-electron chi connectivity index (χ2n) is 4.17. The molecule has 0 bridgehead atoms. The summed E-state index contributed by atoms with van der Waals surface area (Å²) in [5, 5.41) is 3.50. The van der Waals surface area contributed by atoms with Gasteiger partial charge in [-0.05, 0) is 39.7 Å². The molecule has 1 aromatic rings. The number of rotatable bonds is 7. The molecule has 0 fully saturated rings. The van der Waals surface area contributed by atoms with Gasteiger partial charge in [-0.2, -0.15) is 0 Å². The summed E-state index contributed by atoms with van der Waals surface area (Å²) in [6.45, 7) is 8.74. The first-order valence-electron chi connectivity index (χ1n) is 5.95. The van der Waals surface area contributed by atoms with Crippen molar-refractivity contribution in [2.24, 2.45) is 0 Å². The molecule has 15 heavy (non-hydrogen) atoms. The maximum atomic E-state index is 4.21. The van der Waals surface area contributed by atoms with Gasteiger partial charge < -0.3 is 9.88 Å². The Balaban J connectivity index is 2.13. The summed E-state index contributed by atoms with van der Waals surface area (Å²) >= 11 is 0. The quantitative estimate of drug-likeness (QED) is 0.747. The molecule has 1 N–H and O–H groups in total. The van der Waals surface area contributed by atoms with Crippen LogP contribution in [0.15, 0.2) is 12.4 Å². The van der Waals surface area contributed by atoms with Crippen LogP contribution in [0.4, 0.5) is 0 Å². The standard InChI is InChI=1S/C12H23N3/c1-4-7-13-11(2)6-5-9-15-10-8-14-12(15)3/h8,10-11,13H,4-7,9H2,1-3H3. The third kappa shape index (κ3) is 4.47. The fraction of sp³-hybridized carbons (Fsp3) is 0.750. The van der Waals surface area contributed by atoms with Crippen LogP contribution in [-0.4, -0.2) is 22.1 Å². The smallest absolute Gasteiger partial charge is 0.105 e. The van der Waals surface area contributed by atoms with Crippen molar-refractivity contribution in [2.45, 2.75) is 52.6 Å². The number of aryl methyl sites for hydroxylation is 2. The van der Waals surface area contributed by atoms with Crippen LogP contribution in [0.5, 0.6) is 0 Å². The Kier molecular flexibility index (Phi) is 5.40. The zero-order valence-electron chi connectivity index (χ0n) is 10.2. The number of nitrogens with zero attached hydrogens (tertiary/aromatic N) is 2. The molecule has 1 rings (SSSR count). The highest BCUT2D eigenvalue weighted by Crippen LogP contribution is 2.02. The third-order valence-corrected chi connectivity index (χ3v) is 2.70. The second-order valence-corrected chi connectivity index (χ2v) is 4.17. The van der Waals surface area contributed by atoms with Gasteiger partial charge in [0.2, 0.25) is 0 Å². The van der Waals surface area contributed by atoms with E-state index in [1.807, 2.05) is 6.20 Å². The van der Waals surface area contributed by atoms with Crippen LogP contribution in [0.3, 0.4) is 0 Å². The highest BCUT2D eigenvalue weighted by Gasteiger charge is 2.01. The topological polar surface area (TPSA) is 29.9 Å². The van der Waals surface area contributed by atoms with Gasteiger partial charge in [-0.15, -0.1) is 0 Å². The van der Waals surface area contributed by atoms with E-state index >= 15 is 0 Å². The lowest BCUT2D eigenvalue weighted by Gasteiger charge is -2.13. The first-order chi connectivity index (χ1) is 7.24. The third-order valence-electron chi connectivity index (χ3n) is 2.70. The molecule has 0 aliphatic rings. The maximum absolute atomic E-state index is 4.21. The first kappa shape index (κ1) is 12.2. The molecule has 0 saturated heterocycles. The minimum absolute atomic E-state index is 0.633. The lowest BCUT2D eigenvalue weighted by molar-refractivity contribution is 0.473. The molecule has 1 aromatic heterocycles. The van der Waals surface area contributed by atoms with E-state index in [9.17, 15) is 0 Å². The Morgan fingerprint density at radius 1 is 1.53 bits per heavy atom. The Morgan fingerprint density at radius 2 is 2.33 bits per heavy atom. The fourth-order valence-corrected chi connectivity index (χ4v) is 1.70. The Hall–Kier alpha value is -0.830. The van der Waals surface area contributed by atoms with Gasteiger partial charge in [-0.3, -0.25) is 0 Å². The Morgan fingerprint density at radius 3 is 2.93 bits per heavy atom. The molecule has 0 saturated carbocycles. The number of imidazole rings is 1. The second kappa shape index (κ2) is 6.62. The lowest BCUT2D eigenvalue weighted by Crippen LogP contribution is -2.26. The molecule has 0 aliphatic carbocycles. The van der Waals surface area contributed by atoms with Gasteiger partial charge in [0, 0.05) is 25.0 Å². The number of nitrogens with one attached hydrogen (secondary N) is 1. The van der Waals surface area contributed by atoms with E-state index in [0.717, 1.165) is 18.9 Å². The van der Waals surface area contributed by atoms with E-state index in [1.165, 1.54) is 19.3 Å². The summed E-state index contributed by atoms with van der Waals surface area (Å²) in [5.74, 6) is 1.11. The summed E-state index contributed by atoms with van der Waals surface area (Å²) in [4.78, 5) is 4.21. The zero-order chi connectivity index (χ0) is 11.1. The van der Waals surface area contributed by atoms with Crippen molar-refractivity contribution in [3.63, 3.8) is 0 Å². The lowest BCUT2D eigenvalue weighted by atomic mass is 10.2. The van der Waals surface area contributed by atoms with E-state index in [4.69, 9.17) is 0 Å². The van der Waals surface area contributed by atoms with Crippen molar-refractivity contribution in [3.05, 3.63) is 18.2 Å². The normalized spacial score (nSPS) is 13.0. The molecule has 0 radical (unpaired) electrons. The van der Waals surface area contributed by atoms with E-state index in [-0.39, 0.29) is 0 Å². The molecule has 0 spiro atoms. The fourth-order valence-electron chi connectivity index (χ4n) is 1.70. The van der Waals surface area contributed by atoms with Crippen molar-refractivity contribution in [2.75, 3.05) is 6.54 Å². The summed E-state index contributed by atoms with van der Waals surface area (Å²) in [7, 11) is 0. The number of aromatic nitrogens is 2. The van der Waals surface area contributed by atoms with Gasteiger partial charge in [0.15, 0.2) is 0 Å². The highest BCUT2D eigenvalue weighted by atomic mass is 15.0. The molecule has 1 heterocycles. The van der Waals surface area contributed by atoms with Crippen molar-refractivity contribution >= 4 is 0 Å². The van der Waals surface area contributed by atoms with Crippen LogP contribution in [0.1, 0.15) is 38.9 Å². The minimum atomic E-state index is 0.633. The highest BCUT2D eigenvalue weighted by molar-refractivity contribution is 4.88. The average molecular weight is 209 g/mol. The van der Waals surface area contributed by atoms with E-state index in [0.29, 0.717) is 6.04 Å². The summed E-state index contributed by atoms with van der Waals surface area (Å²) < 4.78 is 2.21. The number of hydrogen-bond acceptors (Lipinski definition) is 2. The van der Waals surface area contributed by atoms with Crippen molar-refractivity contribution in [1.29, 1.82) is 0 Å². The molecular weight excluding hydrogens is 186 g/mol. The van der Waals surface area contributed by atoms with Gasteiger partial charge in [-0.25, -0.2) is 4.98 Å². The van der Waals surface area contributed by atoms with Crippen molar-refractivity contribution in [1.82, 2.24) is 14.9 Å². The molecule has 1 unspecified atom stereocenters. The molecule has 0 aliphatic heterocycles.